The number of hydrogen-bond acceptors (Lipinski definition) is 4. The summed E-state index contributed by atoms with van der Waals surface area (Å²) in [5.41, 5.74) is -1.66. The summed E-state index contributed by atoms with van der Waals surface area (Å²) >= 11 is 0. The molecule has 1 atom stereocenters. The molecule has 1 unspecified atom stereocenters. The molecular weight excluding hydrogens is 464 g/mol. The lowest BCUT2D eigenvalue weighted by molar-refractivity contribution is -0.137. The predicted octanol–water partition coefficient (Wildman–Crippen LogP) is 5.44. The van der Waals surface area contributed by atoms with E-state index in [-0.39, 0.29) is 24.9 Å². The highest BCUT2D eigenvalue weighted by atomic mass is 32.2. The molecule has 0 saturated heterocycles. The van der Waals surface area contributed by atoms with E-state index in [1.165, 1.54) is 4.90 Å². The van der Waals surface area contributed by atoms with Gasteiger partial charge in [-0.2, -0.15) is 13.2 Å². The van der Waals surface area contributed by atoms with Gasteiger partial charge in [0, 0.05) is 12.1 Å². The molecule has 188 valence electrons. The summed E-state index contributed by atoms with van der Waals surface area (Å²) in [7, 11) is -4.67. The van der Waals surface area contributed by atoms with Crippen LogP contribution in [0.15, 0.2) is 29.2 Å². The molecule has 2 N–H and O–H groups in total. The Labute approximate surface area is 192 Å². The van der Waals surface area contributed by atoms with Crippen molar-refractivity contribution in [3.8, 4) is 0 Å². The van der Waals surface area contributed by atoms with Gasteiger partial charge in [0.15, 0.2) is 0 Å². The summed E-state index contributed by atoms with van der Waals surface area (Å²) in [6.45, 7) is 9.07. The molecule has 0 bridgehead atoms. The van der Waals surface area contributed by atoms with Crippen molar-refractivity contribution in [1.82, 2.24) is 10.2 Å². The molecule has 33 heavy (non-hydrogen) atoms. The normalized spacial score (nSPS) is 23.4. The molecule has 1 amide bonds. The van der Waals surface area contributed by atoms with E-state index in [2.05, 4.69) is 5.32 Å². The van der Waals surface area contributed by atoms with Crippen LogP contribution in [-0.4, -0.2) is 47.8 Å². The van der Waals surface area contributed by atoms with Gasteiger partial charge in [0.05, 0.1) is 16.6 Å². The fraction of sp³-hybridized carbons (Fsp3) is 0.682. The van der Waals surface area contributed by atoms with Gasteiger partial charge in [-0.1, -0.05) is 26.8 Å². The molecule has 0 spiro atoms. The Morgan fingerprint density at radius 1 is 1.18 bits per heavy atom. The van der Waals surface area contributed by atoms with Crippen molar-refractivity contribution < 1.29 is 35.9 Å². The number of amides is 1. The van der Waals surface area contributed by atoms with E-state index in [1.54, 1.807) is 13.8 Å². The first-order valence-corrected chi connectivity index (χ1v) is 12.3. The van der Waals surface area contributed by atoms with Crippen molar-refractivity contribution in [2.24, 2.45) is 5.41 Å². The van der Waals surface area contributed by atoms with Crippen LogP contribution in [0.2, 0.25) is 0 Å². The highest BCUT2D eigenvalue weighted by molar-refractivity contribution is 7.92. The Morgan fingerprint density at radius 3 is 2.15 bits per heavy atom. The zero-order valence-electron chi connectivity index (χ0n) is 19.4. The zero-order chi connectivity index (χ0) is 25.4. The maximum absolute atomic E-state index is 15.6. The summed E-state index contributed by atoms with van der Waals surface area (Å²) in [5.74, 6) is 0. The van der Waals surface area contributed by atoms with Crippen molar-refractivity contribution in [3.63, 3.8) is 0 Å². The second-order valence-electron chi connectivity index (χ2n) is 9.91. The minimum absolute atomic E-state index is 0.0901. The molecule has 1 saturated carbocycles. The van der Waals surface area contributed by atoms with Gasteiger partial charge < -0.3 is 5.11 Å². The molecule has 0 radical (unpaired) electrons. The number of alkyl halides is 4. The standard InChI is InChI=1S/C22H32F4N2O4S/c1-14(2)28(19(29)30)18(20(3,4)5)27-16-9-11-21(23,12-10-16)33(31,32)17-8-6-7-15(13-17)22(24,25)26/h6-8,13-14,16,18,27H,9-12H2,1-5H3,(H,29,30). The SMILES string of the molecule is CC(C)N(C(=O)O)C(NC1CCC(F)(S(=O)(=O)c2cccc(C(F)(F)F)c2)CC1)C(C)(C)C. The maximum atomic E-state index is 15.6. The van der Waals surface area contributed by atoms with Crippen molar-refractivity contribution in [3.05, 3.63) is 29.8 Å². The Kier molecular flexibility index (Phi) is 7.80. The van der Waals surface area contributed by atoms with E-state index in [0.717, 1.165) is 18.2 Å². The van der Waals surface area contributed by atoms with Crippen LogP contribution in [0.3, 0.4) is 0 Å². The Bertz CT molecular complexity index is 950. The van der Waals surface area contributed by atoms with Gasteiger partial charge in [-0.05, 0) is 63.1 Å². The van der Waals surface area contributed by atoms with E-state index < -0.39 is 62.0 Å². The monoisotopic (exact) mass is 496 g/mol. The van der Waals surface area contributed by atoms with Crippen LogP contribution >= 0.6 is 0 Å². The molecule has 0 heterocycles. The second kappa shape index (κ2) is 9.40. The van der Waals surface area contributed by atoms with E-state index in [9.17, 15) is 31.5 Å². The zero-order valence-corrected chi connectivity index (χ0v) is 20.2. The van der Waals surface area contributed by atoms with Crippen molar-refractivity contribution in [2.75, 3.05) is 0 Å². The van der Waals surface area contributed by atoms with E-state index >= 15 is 4.39 Å². The fourth-order valence-electron chi connectivity index (χ4n) is 4.14. The lowest BCUT2D eigenvalue weighted by Gasteiger charge is -2.44. The Balaban J connectivity index is 2.22. The molecule has 0 aliphatic heterocycles. The van der Waals surface area contributed by atoms with E-state index in [4.69, 9.17) is 0 Å². The summed E-state index contributed by atoms with van der Waals surface area (Å²) in [4.78, 5) is 12.4. The molecular formula is C22H32F4N2O4S. The number of nitrogens with one attached hydrogen (secondary N) is 1. The highest BCUT2D eigenvalue weighted by Crippen LogP contribution is 2.42. The first-order chi connectivity index (χ1) is 14.9. The third kappa shape index (κ3) is 5.98. The van der Waals surface area contributed by atoms with Crippen LogP contribution in [-0.2, 0) is 16.0 Å². The van der Waals surface area contributed by atoms with Gasteiger partial charge in [-0.3, -0.25) is 10.2 Å². The lowest BCUT2D eigenvalue weighted by Crippen LogP contribution is -2.60. The molecule has 6 nitrogen and oxygen atoms in total. The number of nitrogens with zero attached hydrogens (tertiary/aromatic N) is 1. The smallest absolute Gasteiger partial charge is 0.416 e. The largest absolute Gasteiger partial charge is 0.465 e. The fourth-order valence-corrected chi connectivity index (χ4v) is 5.87. The summed E-state index contributed by atoms with van der Waals surface area (Å²) < 4.78 is 80.4. The molecule has 1 fully saturated rings. The van der Waals surface area contributed by atoms with Gasteiger partial charge in [0.1, 0.15) is 0 Å². The molecule has 1 aliphatic carbocycles. The summed E-state index contributed by atoms with van der Waals surface area (Å²) in [6, 6.07) is 2.44. The van der Waals surface area contributed by atoms with Crippen LogP contribution in [0.4, 0.5) is 22.4 Å². The van der Waals surface area contributed by atoms with Gasteiger partial charge in [0.2, 0.25) is 14.8 Å². The van der Waals surface area contributed by atoms with Crippen LogP contribution in [0, 0.1) is 5.41 Å². The first-order valence-electron chi connectivity index (χ1n) is 10.8. The summed E-state index contributed by atoms with van der Waals surface area (Å²) in [6.07, 6.45) is -7.10. The number of rotatable bonds is 6. The van der Waals surface area contributed by atoms with Gasteiger partial charge in [-0.15, -0.1) is 0 Å². The molecule has 11 heteroatoms. The van der Waals surface area contributed by atoms with Crippen molar-refractivity contribution in [1.29, 1.82) is 0 Å². The van der Waals surface area contributed by atoms with Gasteiger partial charge in [-0.25, -0.2) is 17.6 Å². The molecule has 1 aliphatic rings. The minimum atomic E-state index is -4.75. The number of benzene rings is 1. The van der Waals surface area contributed by atoms with E-state index in [1.807, 2.05) is 20.8 Å². The minimum Gasteiger partial charge on any atom is -0.465 e. The van der Waals surface area contributed by atoms with Gasteiger partial charge >= 0.3 is 12.3 Å². The van der Waals surface area contributed by atoms with E-state index in [0.29, 0.717) is 6.07 Å². The number of carbonyl (C=O) groups is 1. The molecule has 1 aromatic rings. The maximum Gasteiger partial charge on any atom is 0.416 e. The van der Waals surface area contributed by atoms with Crippen molar-refractivity contribution >= 4 is 15.9 Å². The van der Waals surface area contributed by atoms with Crippen LogP contribution in [0.25, 0.3) is 0 Å². The lowest BCUT2D eigenvalue weighted by atomic mass is 9.87. The predicted molar refractivity (Wildman–Crippen MR) is 116 cm³/mol. The average molecular weight is 497 g/mol. The number of sulfone groups is 1. The molecule has 2 rings (SSSR count). The highest BCUT2D eigenvalue weighted by Gasteiger charge is 2.49. The number of carboxylic acid groups (broad SMARTS) is 1. The van der Waals surface area contributed by atoms with Crippen LogP contribution in [0.1, 0.15) is 65.9 Å². The Morgan fingerprint density at radius 2 is 1.73 bits per heavy atom. The van der Waals surface area contributed by atoms with Crippen LogP contribution < -0.4 is 5.32 Å². The van der Waals surface area contributed by atoms with Crippen LogP contribution in [0.5, 0.6) is 0 Å². The average Bonchev–Trinajstić information content (AvgIpc) is 2.67. The quantitative estimate of drug-likeness (QED) is 0.405. The molecule has 1 aromatic carbocycles. The first kappa shape index (κ1) is 27.4. The Hall–Kier alpha value is -1.88. The van der Waals surface area contributed by atoms with Gasteiger partial charge in [0.25, 0.3) is 0 Å². The number of hydrogen-bond donors (Lipinski definition) is 2. The van der Waals surface area contributed by atoms with Crippen molar-refractivity contribution in [2.45, 2.75) is 94.6 Å². The second-order valence-corrected chi connectivity index (χ2v) is 12.1. The molecule has 0 aromatic heterocycles. The third-order valence-corrected chi connectivity index (χ3v) is 8.20. The third-order valence-electron chi connectivity index (χ3n) is 5.95. The number of halogens is 4. The summed E-state index contributed by atoms with van der Waals surface area (Å²) in [5, 5.41) is 10.2. The topological polar surface area (TPSA) is 86.7 Å².